The Morgan fingerprint density at radius 1 is 1.08 bits per heavy atom. The first-order valence-electron chi connectivity index (χ1n) is 8.57. The molecule has 2 aromatic carbocycles. The lowest BCUT2D eigenvalue weighted by molar-refractivity contribution is -0.128. The predicted octanol–water partition coefficient (Wildman–Crippen LogP) is 4.23. The number of imidazole rings is 1. The van der Waals surface area contributed by atoms with E-state index < -0.39 is 0 Å². The van der Waals surface area contributed by atoms with Gasteiger partial charge in [0.25, 0.3) is 0 Å². The summed E-state index contributed by atoms with van der Waals surface area (Å²) in [4.78, 5) is 22.4. The van der Waals surface area contributed by atoms with Crippen LogP contribution in [0.2, 0.25) is 0 Å². The van der Waals surface area contributed by atoms with Gasteiger partial charge in [-0.3, -0.25) is 4.79 Å². The fraction of sp³-hybridized carbons (Fsp3) is 0.238. The van der Waals surface area contributed by atoms with Gasteiger partial charge >= 0.3 is 0 Å². The van der Waals surface area contributed by atoms with Crippen molar-refractivity contribution < 1.29 is 4.79 Å². The summed E-state index contributed by atoms with van der Waals surface area (Å²) in [6, 6.07) is 20.1. The molecular weight excluding hydrogens is 342 g/mol. The van der Waals surface area contributed by atoms with Crippen LogP contribution in [0.4, 0.5) is 0 Å². The number of aromatic nitrogens is 2. The minimum absolute atomic E-state index is 0.0554. The van der Waals surface area contributed by atoms with Gasteiger partial charge in [-0.15, -0.1) is 0 Å². The van der Waals surface area contributed by atoms with Crippen LogP contribution in [0, 0.1) is 6.92 Å². The first-order chi connectivity index (χ1) is 12.5. The zero-order valence-electron chi connectivity index (χ0n) is 15.3. The second-order valence-corrected chi connectivity index (χ2v) is 7.51. The van der Waals surface area contributed by atoms with Crippen LogP contribution in [-0.2, 0) is 11.2 Å². The van der Waals surface area contributed by atoms with Gasteiger partial charge in [-0.2, -0.15) is 0 Å². The zero-order valence-corrected chi connectivity index (χ0v) is 16.1. The Balaban J connectivity index is 1.83. The fourth-order valence-corrected chi connectivity index (χ4v) is 3.92. The van der Waals surface area contributed by atoms with Crippen molar-refractivity contribution in [3.05, 3.63) is 83.2 Å². The van der Waals surface area contributed by atoms with Gasteiger partial charge in [0.15, 0.2) is 5.16 Å². The van der Waals surface area contributed by atoms with Crippen LogP contribution in [0.1, 0.15) is 27.8 Å². The molecule has 1 aromatic heterocycles. The Morgan fingerprint density at radius 2 is 1.69 bits per heavy atom. The van der Waals surface area contributed by atoms with E-state index in [9.17, 15) is 4.79 Å². The highest BCUT2D eigenvalue weighted by molar-refractivity contribution is 8.00. The molecule has 0 saturated heterocycles. The second kappa shape index (κ2) is 8.23. The summed E-state index contributed by atoms with van der Waals surface area (Å²) < 4.78 is 0. The average Bonchev–Trinajstić information content (AvgIpc) is 3.00. The van der Waals surface area contributed by atoms with E-state index in [1.165, 1.54) is 17.3 Å². The molecule has 3 rings (SSSR count). The van der Waals surface area contributed by atoms with Crippen molar-refractivity contribution in [3.63, 3.8) is 0 Å². The van der Waals surface area contributed by atoms with E-state index in [2.05, 4.69) is 17.1 Å². The summed E-state index contributed by atoms with van der Waals surface area (Å²) in [5.41, 5.74) is 4.26. The van der Waals surface area contributed by atoms with Crippen molar-refractivity contribution in [1.82, 2.24) is 14.9 Å². The Bertz CT molecular complexity index is 859. The second-order valence-electron chi connectivity index (χ2n) is 6.42. The number of carbonyl (C=O) groups is 1. The van der Waals surface area contributed by atoms with Crippen molar-refractivity contribution in [3.8, 4) is 0 Å². The van der Waals surface area contributed by atoms with Crippen molar-refractivity contribution in [2.75, 3.05) is 14.1 Å². The van der Waals surface area contributed by atoms with Gasteiger partial charge in [0.05, 0.1) is 5.69 Å². The summed E-state index contributed by atoms with van der Waals surface area (Å²) in [6.45, 7) is 2.03. The van der Waals surface area contributed by atoms with Crippen molar-refractivity contribution in [1.29, 1.82) is 0 Å². The molecule has 0 saturated carbocycles. The van der Waals surface area contributed by atoms with E-state index in [1.807, 2.05) is 55.5 Å². The van der Waals surface area contributed by atoms with Gasteiger partial charge < -0.3 is 9.88 Å². The summed E-state index contributed by atoms with van der Waals surface area (Å²) >= 11 is 1.47. The number of hydrogen-bond donors (Lipinski definition) is 1. The quantitative estimate of drug-likeness (QED) is 0.665. The van der Waals surface area contributed by atoms with Gasteiger partial charge in [0.1, 0.15) is 5.25 Å². The molecule has 0 aliphatic heterocycles. The molecule has 134 valence electrons. The van der Waals surface area contributed by atoms with Crippen LogP contribution in [-0.4, -0.2) is 34.9 Å². The summed E-state index contributed by atoms with van der Waals surface area (Å²) in [6.07, 6.45) is 0.779. The first kappa shape index (κ1) is 18.3. The molecule has 1 heterocycles. The lowest BCUT2D eigenvalue weighted by Gasteiger charge is -2.19. The van der Waals surface area contributed by atoms with Crippen LogP contribution in [0.25, 0.3) is 0 Å². The number of carbonyl (C=O) groups excluding carboxylic acids is 1. The maximum atomic E-state index is 12.7. The first-order valence-corrected chi connectivity index (χ1v) is 9.44. The molecule has 0 radical (unpaired) electrons. The highest BCUT2D eigenvalue weighted by Crippen LogP contribution is 2.35. The predicted molar refractivity (Wildman–Crippen MR) is 106 cm³/mol. The van der Waals surface area contributed by atoms with Crippen LogP contribution in [0.5, 0.6) is 0 Å². The Hall–Kier alpha value is -2.53. The number of aryl methyl sites for hydroxylation is 1. The monoisotopic (exact) mass is 365 g/mol. The standard InChI is InChI=1S/C21H23N3OS/c1-15-18(14-16-10-6-4-7-11-16)23-21(22-15)26-19(20(25)24(2)3)17-12-8-5-9-13-17/h4-13,19H,14H2,1-3H3,(H,22,23)/t19-/m0/s1. The number of nitrogens with zero attached hydrogens (tertiary/aromatic N) is 2. The van der Waals surface area contributed by atoms with Crippen LogP contribution in [0.3, 0.4) is 0 Å². The third-order valence-electron chi connectivity index (χ3n) is 4.18. The van der Waals surface area contributed by atoms with Crippen molar-refractivity contribution >= 4 is 17.7 Å². The van der Waals surface area contributed by atoms with Gasteiger partial charge in [0.2, 0.25) is 5.91 Å². The summed E-state index contributed by atoms with van der Waals surface area (Å²) in [5, 5.41) is 0.457. The minimum Gasteiger partial charge on any atom is -0.348 e. The van der Waals surface area contributed by atoms with Crippen molar-refractivity contribution in [2.45, 2.75) is 23.8 Å². The minimum atomic E-state index is -0.318. The van der Waals surface area contributed by atoms with Crippen LogP contribution in [0.15, 0.2) is 65.8 Å². The normalized spacial score (nSPS) is 12.0. The SMILES string of the molecule is Cc1[nH]c(S[C@H](C(=O)N(C)C)c2ccccc2)nc1Cc1ccccc1. The number of benzene rings is 2. The molecule has 4 nitrogen and oxygen atoms in total. The molecule has 26 heavy (non-hydrogen) atoms. The van der Waals surface area contributed by atoms with Crippen molar-refractivity contribution in [2.24, 2.45) is 0 Å². The van der Waals surface area contributed by atoms with E-state index in [4.69, 9.17) is 4.98 Å². The number of nitrogens with one attached hydrogen (secondary N) is 1. The number of H-pyrrole nitrogens is 1. The average molecular weight is 366 g/mol. The molecule has 3 aromatic rings. The number of thioether (sulfide) groups is 1. The molecule has 0 bridgehead atoms. The van der Waals surface area contributed by atoms with E-state index in [-0.39, 0.29) is 11.2 Å². The maximum Gasteiger partial charge on any atom is 0.240 e. The molecule has 0 unspecified atom stereocenters. The number of likely N-dealkylation sites (N-methyl/N-ethyl adjacent to an activating group) is 1. The van der Waals surface area contributed by atoms with E-state index in [1.54, 1.807) is 19.0 Å². The lowest BCUT2D eigenvalue weighted by Crippen LogP contribution is -2.26. The zero-order chi connectivity index (χ0) is 18.5. The Morgan fingerprint density at radius 3 is 2.31 bits per heavy atom. The molecule has 1 N–H and O–H groups in total. The third kappa shape index (κ3) is 4.35. The van der Waals surface area contributed by atoms with Gasteiger partial charge in [-0.05, 0) is 18.1 Å². The fourth-order valence-electron chi connectivity index (χ4n) is 2.72. The van der Waals surface area contributed by atoms with E-state index in [0.29, 0.717) is 0 Å². The number of aromatic amines is 1. The molecule has 0 fully saturated rings. The third-order valence-corrected chi connectivity index (χ3v) is 5.30. The molecule has 1 amide bonds. The summed E-state index contributed by atoms with van der Waals surface area (Å²) in [7, 11) is 3.57. The highest BCUT2D eigenvalue weighted by atomic mass is 32.2. The van der Waals surface area contributed by atoms with E-state index >= 15 is 0 Å². The highest BCUT2D eigenvalue weighted by Gasteiger charge is 2.25. The van der Waals surface area contributed by atoms with E-state index in [0.717, 1.165) is 28.5 Å². The smallest absolute Gasteiger partial charge is 0.240 e. The number of amides is 1. The van der Waals surface area contributed by atoms with Crippen LogP contribution >= 0.6 is 11.8 Å². The molecule has 5 heteroatoms. The number of hydrogen-bond acceptors (Lipinski definition) is 3. The topological polar surface area (TPSA) is 49.0 Å². The lowest BCUT2D eigenvalue weighted by atomic mass is 10.1. The number of rotatable bonds is 6. The van der Waals surface area contributed by atoms with Crippen LogP contribution < -0.4 is 0 Å². The Kier molecular flexibility index (Phi) is 5.78. The Labute approximate surface area is 158 Å². The largest absolute Gasteiger partial charge is 0.348 e. The maximum absolute atomic E-state index is 12.7. The molecule has 0 spiro atoms. The molecule has 0 aliphatic rings. The molecule has 1 atom stereocenters. The summed E-state index contributed by atoms with van der Waals surface area (Å²) in [5.74, 6) is 0.0554. The molecule has 0 aliphatic carbocycles. The van der Waals surface area contributed by atoms with Gasteiger partial charge in [-0.25, -0.2) is 4.98 Å². The van der Waals surface area contributed by atoms with Gasteiger partial charge in [0, 0.05) is 26.2 Å². The molecular formula is C21H23N3OS. The van der Waals surface area contributed by atoms with Gasteiger partial charge in [-0.1, -0.05) is 72.4 Å².